The number of amides is 1. The molecule has 7 heteroatoms. The number of aromatic nitrogens is 1. The van der Waals surface area contributed by atoms with E-state index in [9.17, 15) is 4.79 Å². The van der Waals surface area contributed by atoms with E-state index in [1.807, 2.05) is 24.3 Å². The molecule has 0 radical (unpaired) electrons. The van der Waals surface area contributed by atoms with Crippen LogP contribution in [0, 0.1) is 0 Å². The average molecular weight is 387 g/mol. The molecule has 0 aliphatic heterocycles. The van der Waals surface area contributed by atoms with Gasteiger partial charge >= 0.3 is 0 Å². The van der Waals surface area contributed by atoms with Crippen molar-refractivity contribution in [2.45, 2.75) is 6.54 Å². The average Bonchev–Trinajstić information content (AvgIpc) is 2.70. The maximum absolute atomic E-state index is 12.8. The van der Waals surface area contributed by atoms with Crippen molar-refractivity contribution in [1.82, 2.24) is 10.3 Å². The van der Waals surface area contributed by atoms with Crippen molar-refractivity contribution in [1.29, 1.82) is 0 Å². The fourth-order valence-electron chi connectivity index (χ4n) is 2.85. The third-order valence-corrected chi connectivity index (χ3v) is 4.37. The van der Waals surface area contributed by atoms with Crippen molar-refractivity contribution in [3.63, 3.8) is 0 Å². The van der Waals surface area contributed by atoms with Gasteiger partial charge in [-0.1, -0.05) is 29.8 Å². The molecule has 0 aliphatic rings. The summed E-state index contributed by atoms with van der Waals surface area (Å²) in [5.41, 5.74) is 1.82. The molecule has 0 atom stereocenters. The lowest BCUT2D eigenvalue weighted by Gasteiger charge is -2.16. The molecule has 0 spiro atoms. The molecule has 1 heterocycles. The number of hydrogen-bond acceptors (Lipinski definition) is 5. The van der Waals surface area contributed by atoms with Gasteiger partial charge in [0, 0.05) is 17.5 Å². The number of benzene rings is 2. The van der Waals surface area contributed by atoms with Crippen LogP contribution in [0.5, 0.6) is 17.2 Å². The Labute approximate surface area is 162 Å². The van der Waals surface area contributed by atoms with Gasteiger partial charge in [-0.05, 0) is 12.1 Å². The van der Waals surface area contributed by atoms with E-state index in [1.54, 1.807) is 39.5 Å². The van der Waals surface area contributed by atoms with E-state index >= 15 is 0 Å². The van der Waals surface area contributed by atoms with Crippen LogP contribution in [0.3, 0.4) is 0 Å². The minimum atomic E-state index is -0.268. The van der Waals surface area contributed by atoms with Crippen LogP contribution >= 0.6 is 11.6 Å². The first-order valence-electron chi connectivity index (χ1n) is 8.19. The lowest BCUT2D eigenvalue weighted by atomic mass is 10.1. The smallest absolute Gasteiger partial charge is 0.252 e. The van der Waals surface area contributed by atoms with Gasteiger partial charge in [0.25, 0.3) is 5.91 Å². The Bertz CT molecular complexity index is 966. The summed E-state index contributed by atoms with van der Waals surface area (Å²) in [6.07, 6.45) is 0. The minimum Gasteiger partial charge on any atom is -0.496 e. The number of hydrogen-bond donors (Lipinski definition) is 1. The maximum atomic E-state index is 12.8. The Kier molecular flexibility index (Phi) is 5.66. The summed E-state index contributed by atoms with van der Waals surface area (Å²) in [6.45, 7) is 0.212. The highest BCUT2D eigenvalue weighted by molar-refractivity contribution is 6.30. The molecule has 1 amide bonds. The van der Waals surface area contributed by atoms with Crippen LogP contribution in [-0.4, -0.2) is 32.2 Å². The first kappa shape index (κ1) is 18.8. The standard InChI is InChI=1S/C20H19ClN2O4/c1-25-12-8-17(26-2)15(18(9-12)27-3)11-22-20(24)14-10-19(21)23-16-7-5-4-6-13(14)16/h4-10H,11H2,1-3H3,(H,22,24). The first-order chi connectivity index (χ1) is 13.1. The van der Waals surface area contributed by atoms with E-state index < -0.39 is 0 Å². The number of methoxy groups -OCH3 is 3. The molecule has 0 fully saturated rings. The van der Waals surface area contributed by atoms with Crippen molar-refractivity contribution in [3.8, 4) is 17.2 Å². The molecule has 0 saturated carbocycles. The molecule has 0 aliphatic carbocycles. The zero-order valence-electron chi connectivity index (χ0n) is 15.2. The summed E-state index contributed by atoms with van der Waals surface area (Å²) in [5, 5.41) is 3.89. The third kappa shape index (κ3) is 3.90. The van der Waals surface area contributed by atoms with Crippen molar-refractivity contribution in [2.75, 3.05) is 21.3 Å². The lowest BCUT2D eigenvalue weighted by Crippen LogP contribution is -2.24. The number of nitrogens with one attached hydrogen (secondary N) is 1. The Morgan fingerprint density at radius 2 is 1.70 bits per heavy atom. The van der Waals surface area contributed by atoms with Crippen molar-refractivity contribution < 1.29 is 19.0 Å². The van der Waals surface area contributed by atoms with Gasteiger partial charge in [0.1, 0.15) is 22.4 Å². The molecule has 3 rings (SSSR count). The van der Waals surface area contributed by atoms with Crippen molar-refractivity contribution in [3.05, 3.63) is 58.7 Å². The van der Waals surface area contributed by atoms with Crippen LogP contribution in [0.25, 0.3) is 10.9 Å². The number of nitrogens with zero attached hydrogens (tertiary/aromatic N) is 1. The van der Waals surface area contributed by atoms with Gasteiger partial charge in [0.05, 0.1) is 44.5 Å². The SMILES string of the molecule is COc1cc(OC)c(CNC(=O)c2cc(Cl)nc3ccccc23)c(OC)c1. The second-order valence-electron chi connectivity index (χ2n) is 5.70. The van der Waals surface area contributed by atoms with Crippen molar-refractivity contribution >= 4 is 28.4 Å². The zero-order valence-corrected chi connectivity index (χ0v) is 16.0. The molecule has 0 bridgehead atoms. The minimum absolute atomic E-state index is 0.212. The lowest BCUT2D eigenvalue weighted by molar-refractivity contribution is 0.0952. The summed E-state index contributed by atoms with van der Waals surface area (Å²) in [4.78, 5) is 17.0. The fourth-order valence-corrected chi connectivity index (χ4v) is 3.05. The summed E-state index contributed by atoms with van der Waals surface area (Å²) >= 11 is 6.07. The molecule has 3 aromatic rings. The molecular weight excluding hydrogens is 368 g/mol. The Morgan fingerprint density at radius 3 is 2.33 bits per heavy atom. The van der Waals surface area contributed by atoms with Crippen LogP contribution in [0.15, 0.2) is 42.5 Å². The zero-order chi connectivity index (χ0) is 19.4. The second-order valence-corrected chi connectivity index (χ2v) is 6.09. The number of ether oxygens (including phenoxy) is 3. The molecule has 6 nitrogen and oxygen atoms in total. The topological polar surface area (TPSA) is 69.7 Å². The molecule has 1 N–H and O–H groups in total. The highest BCUT2D eigenvalue weighted by Gasteiger charge is 2.17. The molecule has 1 aromatic heterocycles. The maximum Gasteiger partial charge on any atom is 0.252 e. The van der Waals surface area contributed by atoms with Gasteiger partial charge in [0.15, 0.2) is 0 Å². The Balaban J connectivity index is 1.91. The van der Waals surface area contributed by atoms with Crippen LogP contribution in [0.4, 0.5) is 0 Å². The predicted octanol–water partition coefficient (Wildman–Crippen LogP) is 3.84. The molecule has 2 aromatic carbocycles. The van der Waals surface area contributed by atoms with E-state index in [4.69, 9.17) is 25.8 Å². The summed E-state index contributed by atoms with van der Waals surface area (Å²) < 4.78 is 16.1. The van der Waals surface area contributed by atoms with Gasteiger partial charge in [0.2, 0.25) is 0 Å². The summed E-state index contributed by atoms with van der Waals surface area (Å²) in [6, 6.07) is 12.4. The molecule has 27 heavy (non-hydrogen) atoms. The molecular formula is C20H19ClN2O4. The van der Waals surface area contributed by atoms with E-state index in [-0.39, 0.29) is 17.6 Å². The van der Waals surface area contributed by atoms with E-state index in [1.165, 1.54) is 0 Å². The molecule has 140 valence electrons. The number of carbonyl (C=O) groups excluding carboxylic acids is 1. The van der Waals surface area contributed by atoms with Crippen molar-refractivity contribution in [2.24, 2.45) is 0 Å². The third-order valence-electron chi connectivity index (χ3n) is 4.17. The van der Waals surface area contributed by atoms with Crippen LogP contribution in [-0.2, 0) is 6.54 Å². The van der Waals surface area contributed by atoms with Gasteiger partial charge in [-0.25, -0.2) is 4.98 Å². The number of para-hydroxylation sites is 1. The van der Waals surface area contributed by atoms with Crippen LogP contribution in [0.2, 0.25) is 5.15 Å². The largest absolute Gasteiger partial charge is 0.496 e. The fraction of sp³-hybridized carbons (Fsp3) is 0.200. The Morgan fingerprint density at radius 1 is 1.04 bits per heavy atom. The predicted molar refractivity (Wildman–Crippen MR) is 104 cm³/mol. The van der Waals surface area contributed by atoms with E-state index in [0.29, 0.717) is 33.9 Å². The number of fused-ring (bicyclic) bond motifs is 1. The van der Waals surface area contributed by atoms with E-state index in [0.717, 1.165) is 5.39 Å². The van der Waals surface area contributed by atoms with Gasteiger partial charge in [-0.3, -0.25) is 4.79 Å². The highest BCUT2D eigenvalue weighted by atomic mass is 35.5. The van der Waals surface area contributed by atoms with Crippen LogP contribution < -0.4 is 19.5 Å². The number of rotatable bonds is 6. The van der Waals surface area contributed by atoms with Gasteiger partial charge in [-0.2, -0.15) is 0 Å². The normalized spacial score (nSPS) is 10.5. The number of halogens is 1. The van der Waals surface area contributed by atoms with Gasteiger partial charge < -0.3 is 19.5 Å². The van der Waals surface area contributed by atoms with Crippen LogP contribution in [0.1, 0.15) is 15.9 Å². The molecule has 0 unspecified atom stereocenters. The number of carbonyl (C=O) groups is 1. The molecule has 0 saturated heterocycles. The quantitative estimate of drug-likeness (QED) is 0.652. The van der Waals surface area contributed by atoms with Gasteiger partial charge in [-0.15, -0.1) is 0 Å². The monoisotopic (exact) mass is 386 g/mol. The number of pyridine rings is 1. The second kappa shape index (κ2) is 8.14. The summed E-state index contributed by atoms with van der Waals surface area (Å²) in [5.74, 6) is 1.45. The Hall–Kier alpha value is -2.99. The first-order valence-corrected chi connectivity index (χ1v) is 8.57. The summed E-state index contributed by atoms with van der Waals surface area (Å²) in [7, 11) is 4.67. The van der Waals surface area contributed by atoms with E-state index in [2.05, 4.69) is 10.3 Å². The highest BCUT2D eigenvalue weighted by Crippen LogP contribution is 2.34.